The highest BCUT2D eigenvalue weighted by atomic mass is 16.5. The van der Waals surface area contributed by atoms with Crippen LogP contribution in [0.3, 0.4) is 0 Å². The van der Waals surface area contributed by atoms with Crippen LogP contribution in [0, 0.1) is 5.92 Å². The molecule has 1 rings (SSSR count). The van der Waals surface area contributed by atoms with Gasteiger partial charge in [0.1, 0.15) is 5.78 Å². The molecule has 1 saturated heterocycles. The van der Waals surface area contributed by atoms with E-state index in [0.717, 1.165) is 0 Å². The first-order chi connectivity index (χ1) is 7.52. The van der Waals surface area contributed by atoms with Crippen molar-refractivity contribution in [2.75, 3.05) is 26.3 Å². The fourth-order valence-electron chi connectivity index (χ4n) is 1.38. The van der Waals surface area contributed by atoms with Crippen LogP contribution in [-0.2, 0) is 19.1 Å². The Morgan fingerprint density at radius 3 is 2.25 bits per heavy atom. The first kappa shape index (κ1) is 12.8. The predicted molar refractivity (Wildman–Crippen MR) is 56.9 cm³/mol. The normalized spacial score (nSPS) is 16.3. The lowest BCUT2D eigenvalue weighted by Crippen LogP contribution is -2.44. The van der Waals surface area contributed by atoms with Crippen LogP contribution in [0.1, 0.15) is 20.3 Å². The van der Waals surface area contributed by atoms with E-state index in [1.807, 2.05) is 0 Å². The average Bonchev–Trinajstić information content (AvgIpc) is 2.28. The molecule has 0 radical (unpaired) electrons. The predicted octanol–water partition coefficient (Wildman–Crippen LogP) is 0.0295. The molecular weight excluding hydrogens is 210 g/mol. The number of ketones is 2. The summed E-state index contributed by atoms with van der Waals surface area (Å²) in [4.78, 5) is 35.9. The van der Waals surface area contributed by atoms with Gasteiger partial charge in [0.25, 0.3) is 5.91 Å². The van der Waals surface area contributed by atoms with Gasteiger partial charge in [-0.2, -0.15) is 0 Å². The molecule has 90 valence electrons. The van der Waals surface area contributed by atoms with Crippen molar-refractivity contribution in [1.29, 1.82) is 0 Å². The molecule has 5 heteroatoms. The molecular formula is C11H17NO4. The van der Waals surface area contributed by atoms with Crippen LogP contribution >= 0.6 is 0 Å². The minimum atomic E-state index is -0.611. The summed E-state index contributed by atoms with van der Waals surface area (Å²) in [6.45, 7) is 5.21. The van der Waals surface area contributed by atoms with E-state index in [-0.39, 0.29) is 18.1 Å². The zero-order valence-corrected chi connectivity index (χ0v) is 9.69. The molecule has 1 aliphatic rings. The quantitative estimate of drug-likeness (QED) is 0.502. The molecule has 0 bridgehead atoms. The number of ether oxygens (including phenoxy) is 1. The number of morpholine rings is 1. The largest absolute Gasteiger partial charge is 0.378 e. The summed E-state index contributed by atoms with van der Waals surface area (Å²) in [7, 11) is 0. The SMILES string of the molecule is CC(C)C(=O)CC(=O)C(=O)N1CCOCC1. The summed E-state index contributed by atoms with van der Waals surface area (Å²) in [5, 5.41) is 0. The van der Waals surface area contributed by atoms with Crippen LogP contribution < -0.4 is 0 Å². The van der Waals surface area contributed by atoms with E-state index in [9.17, 15) is 14.4 Å². The maximum Gasteiger partial charge on any atom is 0.290 e. The van der Waals surface area contributed by atoms with Gasteiger partial charge in [0.2, 0.25) is 5.78 Å². The van der Waals surface area contributed by atoms with Gasteiger partial charge in [-0.15, -0.1) is 0 Å². The van der Waals surface area contributed by atoms with Gasteiger partial charge in [-0.05, 0) is 0 Å². The third-order valence-electron chi connectivity index (χ3n) is 2.52. The van der Waals surface area contributed by atoms with Crippen LogP contribution in [0.2, 0.25) is 0 Å². The number of rotatable bonds is 4. The van der Waals surface area contributed by atoms with Crippen LogP contribution in [-0.4, -0.2) is 48.7 Å². The van der Waals surface area contributed by atoms with E-state index < -0.39 is 11.7 Å². The highest BCUT2D eigenvalue weighted by Gasteiger charge is 2.25. The Kier molecular flexibility index (Phi) is 4.61. The summed E-state index contributed by atoms with van der Waals surface area (Å²) >= 11 is 0. The van der Waals surface area contributed by atoms with E-state index in [0.29, 0.717) is 26.3 Å². The maximum atomic E-state index is 11.6. The van der Waals surface area contributed by atoms with E-state index in [1.54, 1.807) is 13.8 Å². The molecule has 0 unspecified atom stereocenters. The zero-order valence-electron chi connectivity index (χ0n) is 9.69. The molecule has 5 nitrogen and oxygen atoms in total. The lowest BCUT2D eigenvalue weighted by molar-refractivity contribution is -0.148. The first-order valence-corrected chi connectivity index (χ1v) is 5.45. The standard InChI is InChI=1S/C11H17NO4/c1-8(2)9(13)7-10(14)11(15)12-3-5-16-6-4-12/h8H,3-7H2,1-2H3. The van der Waals surface area contributed by atoms with Gasteiger partial charge in [0, 0.05) is 19.0 Å². The third kappa shape index (κ3) is 3.41. The zero-order chi connectivity index (χ0) is 12.1. The van der Waals surface area contributed by atoms with E-state index in [4.69, 9.17) is 4.74 Å². The smallest absolute Gasteiger partial charge is 0.290 e. The Bertz CT molecular complexity index is 292. The minimum Gasteiger partial charge on any atom is -0.378 e. The van der Waals surface area contributed by atoms with Gasteiger partial charge < -0.3 is 9.64 Å². The van der Waals surface area contributed by atoms with Crippen LogP contribution in [0.5, 0.6) is 0 Å². The molecule has 1 heterocycles. The second kappa shape index (κ2) is 5.75. The van der Waals surface area contributed by atoms with Crippen LogP contribution in [0.4, 0.5) is 0 Å². The first-order valence-electron chi connectivity index (χ1n) is 5.45. The van der Waals surface area contributed by atoms with Crippen molar-refractivity contribution in [2.24, 2.45) is 5.92 Å². The topological polar surface area (TPSA) is 63.7 Å². The molecule has 0 aromatic rings. The van der Waals surface area contributed by atoms with Crippen molar-refractivity contribution in [3.05, 3.63) is 0 Å². The Balaban J connectivity index is 2.47. The van der Waals surface area contributed by atoms with Gasteiger partial charge >= 0.3 is 0 Å². The number of nitrogens with zero attached hydrogens (tertiary/aromatic N) is 1. The Morgan fingerprint density at radius 1 is 1.19 bits per heavy atom. The number of amides is 1. The maximum absolute atomic E-state index is 11.6. The summed E-state index contributed by atoms with van der Waals surface area (Å²) in [5.74, 6) is -1.56. The molecule has 0 aromatic carbocycles. The summed E-state index contributed by atoms with van der Waals surface area (Å²) < 4.78 is 5.08. The van der Waals surface area contributed by atoms with Crippen molar-refractivity contribution < 1.29 is 19.1 Å². The molecule has 0 N–H and O–H groups in total. The summed E-state index contributed by atoms with van der Waals surface area (Å²) in [5.41, 5.74) is 0. The number of hydrogen-bond donors (Lipinski definition) is 0. The number of hydrogen-bond acceptors (Lipinski definition) is 4. The van der Waals surface area contributed by atoms with Gasteiger partial charge in [0.05, 0.1) is 19.6 Å². The van der Waals surface area contributed by atoms with Crippen molar-refractivity contribution >= 4 is 17.5 Å². The van der Waals surface area contributed by atoms with Gasteiger partial charge in [-0.3, -0.25) is 14.4 Å². The molecule has 1 fully saturated rings. The fraction of sp³-hybridized carbons (Fsp3) is 0.727. The van der Waals surface area contributed by atoms with Gasteiger partial charge in [-0.25, -0.2) is 0 Å². The second-order valence-electron chi connectivity index (χ2n) is 4.13. The highest BCUT2D eigenvalue weighted by molar-refractivity contribution is 6.39. The third-order valence-corrected chi connectivity index (χ3v) is 2.52. The summed E-state index contributed by atoms with van der Waals surface area (Å²) in [6.07, 6.45) is -0.284. The Labute approximate surface area is 94.7 Å². The van der Waals surface area contributed by atoms with E-state index in [1.165, 1.54) is 4.90 Å². The molecule has 0 aliphatic carbocycles. The number of carbonyl (C=O) groups is 3. The fourth-order valence-corrected chi connectivity index (χ4v) is 1.38. The van der Waals surface area contributed by atoms with Crippen LogP contribution in [0.15, 0.2) is 0 Å². The molecule has 0 saturated carbocycles. The second-order valence-corrected chi connectivity index (χ2v) is 4.13. The summed E-state index contributed by atoms with van der Waals surface area (Å²) in [6, 6.07) is 0. The van der Waals surface area contributed by atoms with Crippen molar-refractivity contribution in [2.45, 2.75) is 20.3 Å². The van der Waals surface area contributed by atoms with E-state index >= 15 is 0 Å². The number of Topliss-reactive ketones (excluding diaryl/α,β-unsaturated/α-hetero) is 2. The van der Waals surface area contributed by atoms with E-state index in [2.05, 4.69) is 0 Å². The molecule has 1 aliphatic heterocycles. The Hall–Kier alpha value is -1.23. The van der Waals surface area contributed by atoms with Crippen LogP contribution in [0.25, 0.3) is 0 Å². The van der Waals surface area contributed by atoms with Gasteiger partial charge in [-0.1, -0.05) is 13.8 Å². The molecule has 16 heavy (non-hydrogen) atoms. The molecule has 0 aromatic heterocycles. The highest BCUT2D eigenvalue weighted by Crippen LogP contribution is 2.03. The molecule has 0 atom stereocenters. The molecule has 0 spiro atoms. The van der Waals surface area contributed by atoms with Crippen molar-refractivity contribution in [1.82, 2.24) is 4.90 Å². The monoisotopic (exact) mass is 227 g/mol. The lowest BCUT2D eigenvalue weighted by atomic mass is 10.0. The van der Waals surface area contributed by atoms with Gasteiger partial charge in [0.15, 0.2) is 0 Å². The minimum absolute atomic E-state index is 0.188. The molecule has 1 amide bonds. The van der Waals surface area contributed by atoms with Crippen molar-refractivity contribution in [3.8, 4) is 0 Å². The Morgan fingerprint density at radius 2 is 1.75 bits per heavy atom. The van der Waals surface area contributed by atoms with Crippen molar-refractivity contribution in [3.63, 3.8) is 0 Å². The number of carbonyl (C=O) groups excluding carboxylic acids is 3. The average molecular weight is 227 g/mol. The lowest BCUT2D eigenvalue weighted by Gasteiger charge is -2.26.